The zero-order chi connectivity index (χ0) is 34.2. The van der Waals surface area contributed by atoms with Gasteiger partial charge in [0.05, 0.1) is 22.1 Å². The number of pyridine rings is 1. The van der Waals surface area contributed by atoms with Gasteiger partial charge in [0.2, 0.25) is 5.95 Å². The average Bonchev–Trinajstić information content (AvgIpc) is 3.79. The van der Waals surface area contributed by atoms with Crippen LogP contribution in [0.3, 0.4) is 0 Å². The molecule has 7 aromatic carbocycles. The summed E-state index contributed by atoms with van der Waals surface area (Å²) in [6, 6.07) is 57.5. The third-order valence-electron chi connectivity index (χ3n) is 10.3. The minimum absolute atomic E-state index is 0.549. The van der Waals surface area contributed by atoms with Crippen LogP contribution in [0.25, 0.3) is 99.8 Å². The molecule has 4 aromatic heterocycles. The van der Waals surface area contributed by atoms with Crippen molar-refractivity contribution in [3.8, 4) is 39.6 Å². The molecule has 0 aliphatic carbocycles. The van der Waals surface area contributed by atoms with Gasteiger partial charge in [-0.15, -0.1) is 0 Å². The predicted molar refractivity (Wildman–Crippen MR) is 212 cm³/mol. The lowest BCUT2D eigenvalue weighted by Gasteiger charge is -2.09. The van der Waals surface area contributed by atoms with E-state index in [4.69, 9.17) is 15.0 Å². The van der Waals surface area contributed by atoms with Crippen LogP contribution in [0.15, 0.2) is 170 Å². The monoisotopic (exact) mass is 664 g/mol. The van der Waals surface area contributed by atoms with E-state index in [1.807, 2.05) is 6.07 Å². The molecular formula is C46H28N6. The molecule has 0 N–H and O–H groups in total. The maximum absolute atomic E-state index is 5.43. The first-order valence-electron chi connectivity index (χ1n) is 17.4. The molecule has 0 radical (unpaired) electrons. The standard InChI is InChI=1S/C46H28N6/c1-2-11-29(12-3-1)30-21-23-31(24-22-30)32-13-10-14-33(27-32)44-47-28-48-46(50-44)52-40-20-9-7-17-36(40)37-25-26-41-42(43(37)52)49-45-38-18-5-4-15-34(38)35-16-6-8-19-39(35)51(41)45/h1-28H. The van der Waals surface area contributed by atoms with Crippen LogP contribution < -0.4 is 0 Å². The Bertz CT molecular complexity index is 3180. The molecule has 4 heterocycles. The predicted octanol–water partition coefficient (Wildman–Crippen LogP) is 11.1. The molecule has 0 unspecified atom stereocenters. The number of benzene rings is 7. The molecule has 0 amide bonds. The summed E-state index contributed by atoms with van der Waals surface area (Å²) >= 11 is 0. The van der Waals surface area contributed by atoms with E-state index in [9.17, 15) is 0 Å². The number of nitrogens with zero attached hydrogens (tertiary/aromatic N) is 6. The molecule has 0 spiro atoms. The molecule has 11 aromatic rings. The Labute approximate surface area is 297 Å². The van der Waals surface area contributed by atoms with E-state index in [0.29, 0.717) is 11.8 Å². The third kappa shape index (κ3) is 4.25. The van der Waals surface area contributed by atoms with E-state index in [2.05, 4.69) is 172 Å². The maximum atomic E-state index is 5.43. The Hall–Kier alpha value is -7.18. The summed E-state index contributed by atoms with van der Waals surface area (Å²) in [5.74, 6) is 1.16. The summed E-state index contributed by atoms with van der Waals surface area (Å²) in [5.41, 5.74) is 11.5. The van der Waals surface area contributed by atoms with Gasteiger partial charge in [0.25, 0.3) is 0 Å². The van der Waals surface area contributed by atoms with Gasteiger partial charge in [0, 0.05) is 27.1 Å². The molecule has 11 rings (SSSR count). The van der Waals surface area contributed by atoms with Crippen LogP contribution in [-0.4, -0.2) is 28.9 Å². The highest BCUT2D eigenvalue weighted by Gasteiger charge is 2.21. The Morgan fingerprint density at radius 2 is 1.00 bits per heavy atom. The van der Waals surface area contributed by atoms with E-state index in [1.165, 1.54) is 21.9 Å². The lowest BCUT2D eigenvalue weighted by atomic mass is 9.99. The molecule has 0 atom stereocenters. The van der Waals surface area contributed by atoms with Crippen molar-refractivity contribution in [2.75, 3.05) is 0 Å². The summed E-state index contributed by atoms with van der Waals surface area (Å²) in [7, 11) is 0. The van der Waals surface area contributed by atoms with Crippen LogP contribution in [0.2, 0.25) is 0 Å². The van der Waals surface area contributed by atoms with Gasteiger partial charge in [-0.2, -0.15) is 4.98 Å². The van der Waals surface area contributed by atoms with Crippen molar-refractivity contribution in [1.82, 2.24) is 28.9 Å². The quantitative estimate of drug-likeness (QED) is 0.176. The van der Waals surface area contributed by atoms with Gasteiger partial charge in [-0.25, -0.2) is 15.0 Å². The summed E-state index contributed by atoms with van der Waals surface area (Å²) in [6.07, 6.45) is 1.62. The smallest absolute Gasteiger partial charge is 0.238 e. The van der Waals surface area contributed by atoms with Crippen LogP contribution in [0, 0.1) is 0 Å². The molecule has 6 nitrogen and oxygen atoms in total. The molecule has 0 saturated heterocycles. The van der Waals surface area contributed by atoms with E-state index in [0.717, 1.165) is 66.1 Å². The summed E-state index contributed by atoms with van der Waals surface area (Å²) in [6.45, 7) is 0. The highest BCUT2D eigenvalue weighted by molar-refractivity contribution is 6.20. The van der Waals surface area contributed by atoms with E-state index < -0.39 is 0 Å². The van der Waals surface area contributed by atoms with Crippen molar-refractivity contribution in [1.29, 1.82) is 0 Å². The summed E-state index contributed by atoms with van der Waals surface area (Å²) in [5, 5.41) is 5.72. The normalized spacial score (nSPS) is 11.8. The Morgan fingerprint density at radius 1 is 0.385 bits per heavy atom. The Kier molecular flexibility index (Phi) is 6.15. The first-order chi connectivity index (χ1) is 25.8. The van der Waals surface area contributed by atoms with Crippen molar-refractivity contribution in [3.05, 3.63) is 170 Å². The van der Waals surface area contributed by atoms with E-state index >= 15 is 0 Å². The molecular weight excluding hydrogens is 637 g/mol. The van der Waals surface area contributed by atoms with E-state index in [-0.39, 0.29) is 0 Å². The van der Waals surface area contributed by atoms with Crippen LogP contribution in [0.1, 0.15) is 0 Å². The number of hydrogen-bond donors (Lipinski definition) is 0. The fourth-order valence-electron chi connectivity index (χ4n) is 7.89. The second-order valence-electron chi connectivity index (χ2n) is 13.1. The number of hydrogen-bond acceptors (Lipinski definition) is 4. The van der Waals surface area contributed by atoms with Crippen molar-refractivity contribution in [2.45, 2.75) is 0 Å². The maximum Gasteiger partial charge on any atom is 0.238 e. The molecule has 52 heavy (non-hydrogen) atoms. The van der Waals surface area contributed by atoms with Crippen molar-refractivity contribution >= 4 is 60.2 Å². The number of para-hydroxylation sites is 2. The van der Waals surface area contributed by atoms with Gasteiger partial charge in [-0.3, -0.25) is 8.97 Å². The zero-order valence-corrected chi connectivity index (χ0v) is 27.8. The average molecular weight is 665 g/mol. The zero-order valence-electron chi connectivity index (χ0n) is 27.8. The fraction of sp³-hybridized carbons (Fsp3) is 0. The minimum atomic E-state index is 0.549. The van der Waals surface area contributed by atoms with Gasteiger partial charge >= 0.3 is 0 Å². The third-order valence-corrected chi connectivity index (χ3v) is 10.3. The minimum Gasteiger partial charge on any atom is -0.292 e. The lowest BCUT2D eigenvalue weighted by molar-refractivity contribution is 0.948. The molecule has 6 heteroatoms. The molecule has 242 valence electrons. The number of aromatic nitrogens is 6. The van der Waals surface area contributed by atoms with E-state index in [1.54, 1.807) is 6.33 Å². The van der Waals surface area contributed by atoms with Gasteiger partial charge in [0.1, 0.15) is 17.5 Å². The van der Waals surface area contributed by atoms with Crippen LogP contribution in [0.4, 0.5) is 0 Å². The van der Waals surface area contributed by atoms with Crippen LogP contribution >= 0.6 is 0 Å². The van der Waals surface area contributed by atoms with Crippen molar-refractivity contribution < 1.29 is 0 Å². The highest BCUT2D eigenvalue weighted by Crippen LogP contribution is 2.39. The highest BCUT2D eigenvalue weighted by atomic mass is 15.2. The Morgan fingerprint density at radius 3 is 1.81 bits per heavy atom. The van der Waals surface area contributed by atoms with Gasteiger partial charge < -0.3 is 0 Å². The first-order valence-corrected chi connectivity index (χ1v) is 17.4. The van der Waals surface area contributed by atoms with Crippen LogP contribution in [0.5, 0.6) is 0 Å². The largest absolute Gasteiger partial charge is 0.292 e. The lowest BCUT2D eigenvalue weighted by Crippen LogP contribution is -2.03. The van der Waals surface area contributed by atoms with Gasteiger partial charge in [0.15, 0.2) is 5.82 Å². The summed E-state index contributed by atoms with van der Waals surface area (Å²) in [4.78, 5) is 20.0. The Balaban J connectivity index is 1.11. The molecule has 0 aliphatic heterocycles. The van der Waals surface area contributed by atoms with Crippen molar-refractivity contribution in [2.24, 2.45) is 0 Å². The second kappa shape index (κ2) is 11.2. The second-order valence-corrected chi connectivity index (χ2v) is 13.1. The van der Waals surface area contributed by atoms with Gasteiger partial charge in [-0.05, 0) is 58.0 Å². The molecule has 0 aliphatic rings. The fourth-order valence-corrected chi connectivity index (χ4v) is 7.89. The SMILES string of the molecule is c1ccc(-c2ccc(-c3cccc(-c4ncnc(-n5c6ccccc6c6ccc7c(nc8c9ccccc9c9ccccc9n78)c65)n4)c3)cc2)cc1. The molecule has 0 fully saturated rings. The van der Waals surface area contributed by atoms with Crippen molar-refractivity contribution in [3.63, 3.8) is 0 Å². The van der Waals surface area contributed by atoms with Gasteiger partial charge in [-0.1, -0.05) is 133 Å². The summed E-state index contributed by atoms with van der Waals surface area (Å²) < 4.78 is 4.45. The topological polar surface area (TPSA) is 60.9 Å². The number of imidazole rings is 1. The van der Waals surface area contributed by atoms with Crippen LogP contribution in [-0.2, 0) is 0 Å². The number of fused-ring (bicyclic) bond motifs is 12. The molecule has 0 saturated carbocycles. The first kappa shape index (κ1) is 28.6. The molecule has 0 bridgehead atoms. The number of rotatable bonds is 4.